The lowest BCUT2D eigenvalue weighted by Crippen LogP contribution is -2.35. The molecule has 1 amide bonds. The summed E-state index contributed by atoms with van der Waals surface area (Å²) in [6.45, 7) is 0.343. The summed E-state index contributed by atoms with van der Waals surface area (Å²) in [5.74, 6) is 0.231. The van der Waals surface area contributed by atoms with Crippen LogP contribution >= 0.6 is 0 Å². The number of carbonyl (C=O) groups excluding carboxylic acids is 1. The molecule has 4 heteroatoms. The van der Waals surface area contributed by atoms with Crippen molar-refractivity contribution in [2.24, 2.45) is 5.92 Å². The Bertz CT molecular complexity index is 454. The molecule has 0 heterocycles. The summed E-state index contributed by atoms with van der Waals surface area (Å²) >= 11 is 0. The van der Waals surface area contributed by atoms with E-state index in [1.807, 2.05) is 37.2 Å². The molecule has 0 radical (unpaired) electrons. The van der Waals surface area contributed by atoms with Gasteiger partial charge in [0, 0.05) is 31.9 Å². The van der Waals surface area contributed by atoms with Crippen molar-refractivity contribution in [2.45, 2.75) is 31.8 Å². The highest BCUT2D eigenvalue weighted by molar-refractivity contribution is 5.95. The molecule has 110 valence electrons. The Hall–Kier alpha value is -1.55. The van der Waals surface area contributed by atoms with Gasteiger partial charge < -0.3 is 15.3 Å². The Kier molecular flexibility index (Phi) is 5.01. The van der Waals surface area contributed by atoms with Gasteiger partial charge in [-0.1, -0.05) is 18.9 Å². The number of hydrogen-bond acceptors (Lipinski definition) is 3. The van der Waals surface area contributed by atoms with Crippen LogP contribution in [-0.4, -0.2) is 37.8 Å². The summed E-state index contributed by atoms with van der Waals surface area (Å²) in [5.41, 5.74) is 1.63. The summed E-state index contributed by atoms with van der Waals surface area (Å²) in [7, 11) is 3.89. The van der Waals surface area contributed by atoms with Gasteiger partial charge in [0.25, 0.3) is 5.91 Å². The van der Waals surface area contributed by atoms with Crippen molar-refractivity contribution in [1.82, 2.24) is 5.32 Å². The molecule has 0 aliphatic heterocycles. The maximum atomic E-state index is 12.1. The second kappa shape index (κ2) is 6.75. The van der Waals surface area contributed by atoms with E-state index in [2.05, 4.69) is 5.32 Å². The first-order valence-electron chi connectivity index (χ1n) is 7.31. The van der Waals surface area contributed by atoms with E-state index in [0.29, 0.717) is 18.0 Å². The van der Waals surface area contributed by atoms with Crippen LogP contribution in [0.2, 0.25) is 0 Å². The Morgan fingerprint density at radius 1 is 1.40 bits per heavy atom. The van der Waals surface area contributed by atoms with Crippen molar-refractivity contribution < 1.29 is 9.90 Å². The zero-order chi connectivity index (χ0) is 14.5. The van der Waals surface area contributed by atoms with Crippen molar-refractivity contribution in [3.63, 3.8) is 0 Å². The molecule has 0 bridgehead atoms. The third kappa shape index (κ3) is 3.73. The molecule has 1 saturated carbocycles. The molecule has 0 spiro atoms. The van der Waals surface area contributed by atoms with Gasteiger partial charge in [-0.2, -0.15) is 0 Å². The number of nitrogens with zero attached hydrogens (tertiary/aromatic N) is 1. The highest BCUT2D eigenvalue weighted by Crippen LogP contribution is 2.27. The Labute approximate surface area is 120 Å². The molecule has 2 rings (SSSR count). The molecule has 1 aromatic rings. The topological polar surface area (TPSA) is 52.6 Å². The van der Waals surface area contributed by atoms with Crippen LogP contribution in [0.25, 0.3) is 0 Å². The highest BCUT2D eigenvalue weighted by atomic mass is 16.3. The Balaban J connectivity index is 1.89. The number of hydrogen-bond donors (Lipinski definition) is 2. The van der Waals surface area contributed by atoms with Gasteiger partial charge >= 0.3 is 0 Å². The average molecular weight is 276 g/mol. The lowest BCUT2D eigenvalue weighted by Gasteiger charge is -2.18. The molecule has 0 saturated heterocycles. The second-order valence-corrected chi connectivity index (χ2v) is 5.77. The first-order valence-corrected chi connectivity index (χ1v) is 7.31. The van der Waals surface area contributed by atoms with E-state index >= 15 is 0 Å². The van der Waals surface area contributed by atoms with Crippen LogP contribution in [0, 0.1) is 5.92 Å². The first-order chi connectivity index (χ1) is 9.58. The fourth-order valence-electron chi connectivity index (χ4n) is 2.73. The minimum absolute atomic E-state index is 0.120. The number of benzene rings is 1. The van der Waals surface area contributed by atoms with E-state index < -0.39 is 6.10 Å². The number of aliphatic hydroxyl groups is 1. The van der Waals surface area contributed by atoms with Crippen molar-refractivity contribution in [3.05, 3.63) is 29.8 Å². The quantitative estimate of drug-likeness (QED) is 0.865. The number of rotatable bonds is 5. The third-order valence-electron chi connectivity index (χ3n) is 4.04. The summed E-state index contributed by atoms with van der Waals surface area (Å²) in [6, 6.07) is 7.49. The van der Waals surface area contributed by atoms with Gasteiger partial charge in [-0.15, -0.1) is 0 Å². The zero-order valence-corrected chi connectivity index (χ0v) is 12.3. The van der Waals surface area contributed by atoms with E-state index in [1.54, 1.807) is 6.07 Å². The number of anilines is 1. The Morgan fingerprint density at radius 2 is 2.10 bits per heavy atom. The van der Waals surface area contributed by atoms with E-state index in [4.69, 9.17) is 0 Å². The molecule has 1 aromatic carbocycles. The SMILES string of the molecule is CN(C)c1cccc(C(=O)NCC(O)C2CCCC2)c1. The fraction of sp³-hybridized carbons (Fsp3) is 0.562. The fourth-order valence-corrected chi connectivity index (χ4v) is 2.73. The summed E-state index contributed by atoms with van der Waals surface area (Å²) < 4.78 is 0. The van der Waals surface area contributed by atoms with Crippen molar-refractivity contribution in [3.8, 4) is 0 Å². The van der Waals surface area contributed by atoms with Crippen LogP contribution in [0.4, 0.5) is 5.69 Å². The van der Waals surface area contributed by atoms with E-state index in [-0.39, 0.29) is 5.91 Å². The predicted molar refractivity (Wildman–Crippen MR) is 81.1 cm³/mol. The van der Waals surface area contributed by atoms with Crippen LogP contribution in [0.1, 0.15) is 36.0 Å². The highest BCUT2D eigenvalue weighted by Gasteiger charge is 2.23. The van der Waals surface area contributed by atoms with Crippen LogP contribution in [0.15, 0.2) is 24.3 Å². The summed E-state index contributed by atoms with van der Waals surface area (Å²) in [4.78, 5) is 14.1. The monoisotopic (exact) mass is 276 g/mol. The molecule has 1 atom stereocenters. The smallest absolute Gasteiger partial charge is 0.251 e. The molecule has 1 aliphatic rings. The van der Waals surface area contributed by atoms with Crippen molar-refractivity contribution in [1.29, 1.82) is 0 Å². The van der Waals surface area contributed by atoms with Gasteiger partial charge in [-0.25, -0.2) is 0 Å². The minimum Gasteiger partial charge on any atom is -0.391 e. The largest absolute Gasteiger partial charge is 0.391 e. The van der Waals surface area contributed by atoms with E-state index in [0.717, 1.165) is 18.5 Å². The van der Waals surface area contributed by atoms with Crippen molar-refractivity contribution in [2.75, 3.05) is 25.5 Å². The predicted octanol–water partition coefficient (Wildman–Crippen LogP) is 2.03. The lowest BCUT2D eigenvalue weighted by molar-refractivity contribution is 0.0840. The van der Waals surface area contributed by atoms with Gasteiger partial charge in [-0.3, -0.25) is 4.79 Å². The van der Waals surface area contributed by atoms with Gasteiger partial charge in [0.1, 0.15) is 0 Å². The number of amides is 1. The molecule has 1 aliphatic carbocycles. The van der Waals surface area contributed by atoms with Gasteiger partial charge in [0.15, 0.2) is 0 Å². The molecule has 1 fully saturated rings. The van der Waals surface area contributed by atoms with Gasteiger partial charge in [0.05, 0.1) is 6.10 Å². The second-order valence-electron chi connectivity index (χ2n) is 5.77. The molecular formula is C16H24N2O2. The van der Waals surface area contributed by atoms with Crippen LogP contribution < -0.4 is 10.2 Å². The normalized spacial score (nSPS) is 16.9. The lowest BCUT2D eigenvalue weighted by atomic mass is 10.0. The van der Waals surface area contributed by atoms with Crippen LogP contribution in [-0.2, 0) is 0 Å². The Morgan fingerprint density at radius 3 is 2.75 bits per heavy atom. The number of carbonyl (C=O) groups is 1. The van der Waals surface area contributed by atoms with Crippen LogP contribution in [0.3, 0.4) is 0 Å². The standard InChI is InChI=1S/C16H24N2O2/c1-18(2)14-9-5-8-13(10-14)16(20)17-11-15(19)12-6-3-4-7-12/h5,8-10,12,15,19H,3-4,6-7,11H2,1-2H3,(H,17,20). The molecule has 20 heavy (non-hydrogen) atoms. The first kappa shape index (κ1) is 14.9. The molecular weight excluding hydrogens is 252 g/mol. The van der Waals surface area contributed by atoms with Gasteiger partial charge in [-0.05, 0) is 37.0 Å². The summed E-state index contributed by atoms with van der Waals surface area (Å²) in [6.07, 6.45) is 4.12. The van der Waals surface area contributed by atoms with Crippen molar-refractivity contribution >= 4 is 11.6 Å². The molecule has 1 unspecified atom stereocenters. The molecule has 0 aromatic heterocycles. The summed E-state index contributed by atoms with van der Waals surface area (Å²) in [5, 5.41) is 12.9. The van der Waals surface area contributed by atoms with Crippen LogP contribution in [0.5, 0.6) is 0 Å². The third-order valence-corrected chi connectivity index (χ3v) is 4.04. The van der Waals surface area contributed by atoms with Gasteiger partial charge in [0.2, 0.25) is 0 Å². The van der Waals surface area contributed by atoms with E-state index in [9.17, 15) is 9.90 Å². The zero-order valence-electron chi connectivity index (χ0n) is 12.3. The average Bonchev–Trinajstić information content (AvgIpc) is 2.98. The van der Waals surface area contributed by atoms with E-state index in [1.165, 1.54) is 12.8 Å². The molecule has 4 nitrogen and oxygen atoms in total. The maximum absolute atomic E-state index is 12.1. The number of aliphatic hydroxyl groups excluding tert-OH is 1. The number of nitrogens with one attached hydrogen (secondary N) is 1. The minimum atomic E-state index is -0.418. The maximum Gasteiger partial charge on any atom is 0.251 e. The molecule has 2 N–H and O–H groups in total.